The second kappa shape index (κ2) is 12.2. The topological polar surface area (TPSA) is 181 Å². The van der Waals surface area contributed by atoms with Crippen LogP contribution < -0.4 is 0 Å². The highest BCUT2D eigenvalue weighted by atomic mass is 16.4. The van der Waals surface area contributed by atoms with Crippen molar-refractivity contribution in [3.05, 3.63) is 59.2 Å². The molecule has 2 atom stereocenters. The SMILES string of the molecule is O=C(O)CN(Cc1cccc(C(=O)O)n1)[C@@H]1CCCC[C@H]1N(CC(=O)O)Cc1cccc(C(=O)O)n1. The van der Waals surface area contributed by atoms with Gasteiger partial charge in [-0.05, 0) is 37.1 Å². The van der Waals surface area contributed by atoms with Gasteiger partial charge in [-0.3, -0.25) is 19.4 Å². The van der Waals surface area contributed by atoms with E-state index in [2.05, 4.69) is 9.97 Å². The van der Waals surface area contributed by atoms with E-state index in [-0.39, 0.29) is 49.7 Å². The number of carbonyl (C=O) groups is 4. The Hall–Kier alpha value is -3.90. The van der Waals surface area contributed by atoms with Gasteiger partial charge in [0.1, 0.15) is 11.4 Å². The Kier molecular flexibility index (Phi) is 9.03. The Labute approximate surface area is 206 Å². The van der Waals surface area contributed by atoms with Crippen molar-refractivity contribution in [2.75, 3.05) is 13.1 Å². The zero-order chi connectivity index (χ0) is 26.2. The fourth-order valence-corrected chi connectivity index (χ4v) is 4.66. The molecule has 0 radical (unpaired) electrons. The van der Waals surface area contributed by atoms with Crippen LogP contribution in [0.3, 0.4) is 0 Å². The van der Waals surface area contributed by atoms with Gasteiger partial charge in [0.25, 0.3) is 0 Å². The first-order valence-corrected chi connectivity index (χ1v) is 11.4. The maximum Gasteiger partial charge on any atom is 0.354 e. The molecule has 1 fully saturated rings. The monoisotopic (exact) mass is 500 g/mol. The standard InChI is InChI=1S/C24H28N4O8/c29-21(30)13-27(11-15-5-3-7-17(25-15)23(33)34)19-9-1-2-10-20(19)28(14-22(31)32)12-16-6-4-8-18(26-16)24(35)36/h3-8,19-20H,1-2,9-14H2,(H,29,30)(H,31,32)(H,33,34)(H,35,36)/t19-,20-/m1/s1. The van der Waals surface area contributed by atoms with Gasteiger partial charge in [-0.2, -0.15) is 0 Å². The largest absolute Gasteiger partial charge is 0.480 e. The molecule has 3 rings (SSSR count). The molecule has 2 heterocycles. The number of pyridine rings is 2. The third-order valence-corrected chi connectivity index (χ3v) is 6.09. The number of carboxylic acid groups (broad SMARTS) is 4. The van der Waals surface area contributed by atoms with Gasteiger partial charge in [-0.1, -0.05) is 25.0 Å². The van der Waals surface area contributed by atoms with Crippen molar-refractivity contribution in [2.24, 2.45) is 0 Å². The van der Waals surface area contributed by atoms with Crippen LogP contribution in [0.2, 0.25) is 0 Å². The van der Waals surface area contributed by atoms with Crippen molar-refractivity contribution in [3.8, 4) is 0 Å². The number of aliphatic carboxylic acids is 2. The summed E-state index contributed by atoms with van der Waals surface area (Å²) in [5.74, 6) is -4.54. The summed E-state index contributed by atoms with van der Waals surface area (Å²) in [6.45, 7) is -0.536. The Morgan fingerprint density at radius 3 is 1.42 bits per heavy atom. The van der Waals surface area contributed by atoms with Crippen LogP contribution in [0.4, 0.5) is 0 Å². The first kappa shape index (κ1) is 26.7. The first-order chi connectivity index (χ1) is 17.1. The molecule has 4 N–H and O–H groups in total. The quantitative estimate of drug-likeness (QED) is 0.331. The predicted molar refractivity (Wildman–Crippen MR) is 125 cm³/mol. The summed E-state index contributed by atoms with van der Waals surface area (Å²) in [6.07, 6.45) is 2.84. The molecule has 0 amide bonds. The molecule has 2 aromatic heterocycles. The van der Waals surface area contributed by atoms with E-state index in [9.17, 15) is 39.6 Å². The van der Waals surface area contributed by atoms with Crippen LogP contribution in [0, 0.1) is 0 Å². The number of aromatic nitrogens is 2. The van der Waals surface area contributed by atoms with Gasteiger partial charge in [-0.15, -0.1) is 0 Å². The summed E-state index contributed by atoms with van der Waals surface area (Å²) in [4.78, 5) is 57.7. The van der Waals surface area contributed by atoms with Gasteiger partial charge in [-0.25, -0.2) is 19.6 Å². The summed E-state index contributed by atoms with van der Waals surface area (Å²) in [5, 5.41) is 37.7. The lowest BCUT2D eigenvalue weighted by atomic mass is 9.87. The number of aromatic carboxylic acids is 2. The highest BCUT2D eigenvalue weighted by molar-refractivity contribution is 5.85. The van der Waals surface area contributed by atoms with E-state index in [1.165, 1.54) is 12.1 Å². The lowest BCUT2D eigenvalue weighted by Crippen LogP contribution is -2.55. The van der Waals surface area contributed by atoms with E-state index in [0.29, 0.717) is 24.2 Å². The highest BCUT2D eigenvalue weighted by Gasteiger charge is 2.36. The molecular weight excluding hydrogens is 472 g/mol. The number of hydrogen-bond donors (Lipinski definition) is 4. The van der Waals surface area contributed by atoms with E-state index in [1.54, 1.807) is 34.1 Å². The normalized spacial score (nSPS) is 17.7. The molecule has 0 aromatic carbocycles. The van der Waals surface area contributed by atoms with Gasteiger partial charge in [0.15, 0.2) is 0 Å². The fraction of sp³-hybridized carbons (Fsp3) is 0.417. The van der Waals surface area contributed by atoms with Gasteiger partial charge in [0, 0.05) is 25.2 Å². The minimum absolute atomic E-state index is 0.0717. The zero-order valence-electron chi connectivity index (χ0n) is 19.5. The van der Waals surface area contributed by atoms with Gasteiger partial charge in [0.2, 0.25) is 0 Å². The Balaban J connectivity index is 1.92. The number of hydrogen-bond acceptors (Lipinski definition) is 8. The van der Waals surface area contributed by atoms with Gasteiger partial charge in [0.05, 0.1) is 24.5 Å². The van der Waals surface area contributed by atoms with Crippen LogP contribution in [-0.2, 0) is 22.7 Å². The summed E-state index contributed by atoms with van der Waals surface area (Å²) in [7, 11) is 0. The summed E-state index contributed by atoms with van der Waals surface area (Å²) in [6, 6.07) is 8.32. The molecule has 12 nitrogen and oxygen atoms in total. The molecule has 0 aliphatic heterocycles. The summed E-state index contributed by atoms with van der Waals surface area (Å²) in [5.41, 5.74) is 0.474. The number of carboxylic acids is 4. The van der Waals surface area contributed by atoms with Crippen molar-refractivity contribution in [2.45, 2.75) is 50.9 Å². The maximum absolute atomic E-state index is 11.7. The van der Waals surface area contributed by atoms with E-state index in [0.717, 1.165) is 12.8 Å². The molecule has 12 heteroatoms. The smallest absolute Gasteiger partial charge is 0.354 e. The molecule has 2 aromatic rings. The molecule has 0 saturated heterocycles. The van der Waals surface area contributed by atoms with Crippen LogP contribution in [0.1, 0.15) is 58.0 Å². The van der Waals surface area contributed by atoms with Crippen LogP contribution in [0.5, 0.6) is 0 Å². The summed E-state index contributed by atoms with van der Waals surface area (Å²) >= 11 is 0. The van der Waals surface area contributed by atoms with E-state index in [1.807, 2.05) is 0 Å². The van der Waals surface area contributed by atoms with Crippen molar-refractivity contribution in [1.82, 2.24) is 19.8 Å². The Bertz CT molecular complexity index is 1040. The summed E-state index contributed by atoms with van der Waals surface area (Å²) < 4.78 is 0. The van der Waals surface area contributed by atoms with Crippen molar-refractivity contribution in [3.63, 3.8) is 0 Å². The van der Waals surface area contributed by atoms with E-state index < -0.39 is 23.9 Å². The molecule has 1 aliphatic rings. The van der Waals surface area contributed by atoms with Gasteiger partial charge < -0.3 is 20.4 Å². The van der Waals surface area contributed by atoms with E-state index in [4.69, 9.17) is 0 Å². The van der Waals surface area contributed by atoms with Crippen LogP contribution in [0.25, 0.3) is 0 Å². The van der Waals surface area contributed by atoms with Crippen LogP contribution in [0.15, 0.2) is 36.4 Å². The number of rotatable bonds is 12. The van der Waals surface area contributed by atoms with Crippen molar-refractivity contribution < 1.29 is 39.6 Å². The molecule has 192 valence electrons. The van der Waals surface area contributed by atoms with Crippen LogP contribution >= 0.6 is 0 Å². The van der Waals surface area contributed by atoms with E-state index >= 15 is 0 Å². The second-order valence-corrected chi connectivity index (χ2v) is 8.66. The van der Waals surface area contributed by atoms with Crippen molar-refractivity contribution in [1.29, 1.82) is 0 Å². The van der Waals surface area contributed by atoms with Crippen LogP contribution in [-0.4, -0.2) is 89.2 Å². The lowest BCUT2D eigenvalue weighted by Gasteiger charge is -2.44. The second-order valence-electron chi connectivity index (χ2n) is 8.66. The molecule has 1 saturated carbocycles. The molecule has 36 heavy (non-hydrogen) atoms. The fourth-order valence-electron chi connectivity index (χ4n) is 4.66. The number of nitrogens with zero attached hydrogens (tertiary/aromatic N) is 4. The average molecular weight is 501 g/mol. The molecule has 0 bridgehead atoms. The third kappa shape index (κ3) is 7.30. The molecule has 0 unspecified atom stereocenters. The van der Waals surface area contributed by atoms with Crippen molar-refractivity contribution >= 4 is 23.9 Å². The molecule has 1 aliphatic carbocycles. The predicted octanol–water partition coefficient (Wildman–Crippen LogP) is 1.66. The molecular formula is C24H28N4O8. The minimum Gasteiger partial charge on any atom is -0.480 e. The minimum atomic E-state index is -1.19. The molecule has 0 spiro atoms. The zero-order valence-corrected chi connectivity index (χ0v) is 19.5. The highest BCUT2D eigenvalue weighted by Crippen LogP contribution is 2.29. The van der Waals surface area contributed by atoms with Gasteiger partial charge >= 0.3 is 23.9 Å². The third-order valence-electron chi connectivity index (χ3n) is 6.09. The first-order valence-electron chi connectivity index (χ1n) is 11.4. The lowest BCUT2D eigenvalue weighted by molar-refractivity contribution is -0.143. The Morgan fingerprint density at radius 1 is 0.694 bits per heavy atom. The Morgan fingerprint density at radius 2 is 1.08 bits per heavy atom. The average Bonchev–Trinajstić information content (AvgIpc) is 2.83. The maximum atomic E-state index is 11.7.